The fourth-order valence-electron chi connectivity index (χ4n) is 3.39. The lowest BCUT2D eigenvalue weighted by Gasteiger charge is -2.27. The standard InChI is InChI=1S/C24H27N3O5S2/c1-2-3-15-26(34(31,32)23-13-11-21(12-14-23)27(29)30)19-24(28)25(18-22-10-7-16-33-22)17-20-8-5-4-6-9-20/h4-14,16H,2-3,15,17-19H2,1H3. The Morgan fingerprint density at radius 2 is 1.71 bits per heavy atom. The molecule has 8 nitrogen and oxygen atoms in total. The van der Waals surface area contributed by atoms with Crippen LogP contribution in [-0.4, -0.2) is 41.5 Å². The number of benzene rings is 2. The van der Waals surface area contributed by atoms with Crippen molar-refractivity contribution in [3.63, 3.8) is 0 Å². The van der Waals surface area contributed by atoms with Crippen molar-refractivity contribution in [1.82, 2.24) is 9.21 Å². The maximum Gasteiger partial charge on any atom is 0.269 e. The quantitative estimate of drug-likeness (QED) is 0.265. The number of hydrogen-bond donors (Lipinski definition) is 0. The molecule has 3 aromatic rings. The molecule has 0 N–H and O–H groups in total. The van der Waals surface area contributed by atoms with E-state index >= 15 is 0 Å². The number of amides is 1. The monoisotopic (exact) mass is 501 g/mol. The number of carbonyl (C=O) groups excluding carboxylic acids is 1. The van der Waals surface area contributed by atoms with E-state index < -0.39 is 14.9 Å². The summed E-state index contributed by atoms with van der Waals surface area (Å²) in [5.74, 6) is -0.307. The average Bonchev–Trinajstić information content (AvgIpc) is 3.35. The Bertz CT molecular complexity index is 1180. The molecule has 34 heavy (non-hydrogen) atoms. The fraction of sp³-hybridized carbons (Fsp3) is 0.292. The molecule has 1 amide bonds. The first-order valence-corrected chi connectivity index (χ1v) is 13.2. The summed E-state index contributed by atoms with van der Waals surface area (Å²) in [6.45, 7) is 2.55. The zero-order valence-corrected chi connectivity index (χ0v) is 20.5. The lowest BCUT2D eigenvalue weighted by Crippen LogP contribution is -2.42. The van der Waals surface area contributed by atoms with Crippen LogP contribution in [-0.2, 0) is 27.9 Å². The summed E-state index contributed by atoms with van der Waals surface area (Å²) in [5, 5.41) is 12.9. The topological polar surface area (TPSA) is 101 Å². The molecular weight excluding hydrogens is 474 g/mol. The molecule has 2 aromatic carbocycles. The van der Waals surface area contributed by atoms with Gasteiger partial charge in [0.25, 0.3) is 5.69 Å². The van der Waals surface area contributed by atoms with Gasteiger partial charge in [-0.1, -0.05) is 49.7 Å². The highest BCUT2D eigenvalue weighted by Gasteiger charge is 2.29. The van der Waals surface area contributed by atoms with Crippen LogP contribution in [0.1, 0.15) is 30.2 Å². The molecule has 0 radical (unpaired) electrons. The first-order chi connectivity index (χ1) is 16.3. The molecule has 0 spiro atoms. The van der Waals surface area contributed by atoms with Gasteiger partial charge >= 0.3 is 0 Å². The molecule has 0 saturated heterocycles. The van der Waals surface area contributed by atoms with Gasteiger partial charge in [0, 0.05) is 30.1 Å². The first kappa shape index (κ1) is 25.5. The molecule has 3 rings (SSSR count). The van der Waals surface area contributed by atoms with Crippen molar-refractivity contribution in [3.05, 3.63) is 92.7 Å². The van der Waals surface area contributed by atoms with E-state index in [0.29, 0.717) is 19.5 Å². The summed E-state index contributed by atoms with van der Waals surface area (Å²) in [6.07, 6.45) is 1.34. The second kappa shape index (κ2) is 11.9. The average molecular weight is 502 g/mol. The van der Waals surface area contributed by atoms with Crippen LogP contribution in [0.3, 0.4) is 0 Å². The lowest BCUT2D eigenvalue weighted by atomic mass is 10.2. The molecule has 180 valence electrons. The van der Waals surface area contributed by atoms with E-state index in [2.05, 4.69) is 0 Å². The van der Waals surface area contributed by atoms with Gasteiger partial charge in [0.1, 0.15) is 0 Å². The maximum atomic E-state index is 13.4. The van der Waals surface area contributed by atoms with Gasteiger partial charge in [0.15, 0.2) is 0 Å². The molecule has 1 aromatic heterocycles. The van der Waals surface area contributed by atoms with Gasteiger partial charge in [0.05, 0.1) is 22.9 Å². The molecule has 1 heterocycles. The van der Waals surface area contributed by atoms with E-state index in [-0.39, 0.29) is 29.6 Å². The highest BCUT2D eigenvalue weighted by molar-refractivity contribution is 7.89. The number of sulfonamides is 1. The zero-order chi connectivity index (χ0) is 24.6. The summed E-state index contributed by atoms with van der Waals surface area (Å²) in [4.78, 5) is 26.3. The number of nitro groups is 1. The molecular formula is C24H27N3O5S2. The van der Waals surface area contributed by atoms with E-state index in [1.807, 2.05) is 54.8 Å². The van der Waals surface area contributed by atoms with Crippen molar-refractivity contribution < 1.29 is 18.1 Å². The fourth-order valence-corrected chi connectivity index (χ4v) is 5.53. The van der Waals surface area contributed by atoms with Gasteiger partial charge in [-0.15, -0.1) is 11.3 Å². The van der Waals surface area contributed by atoms with Crippen molar-refractivity contribution in [2.45, 2.75) is 37.8 Å². The summed E-state index contributed by atoms with van der Waals surface area (Å²) in [6, 6.07) is 18.2. The largest absolute Gasteiger partial charge is 0.332 e. The molecule has 0 aliphatic rings. The highest BCUT2D eigenvalue weighted by Crippen LogP contribution is 2.21. The third kappa shape index (κ3) is 6.72. The maximum absolute atomic E-state index is 13.4. The minimum Gasteiger partial charge on any atom is -0.332 e. The van der Waals surface area contributed by atoms with Crippen LogP contribution < -0.4 is 0 Å². The SMILES string of the molecule is CCCCN(CC(=O)N(Cc1ccccc1)Cc1cccs1)S(=O)(=O)c1ccc([N+](=O)[O-])cc1. The zero-order valence-electron chi connectivity index (χ0n) is 18.9. The Morgan fingerprint density at radius 3 is 2.29 bits per heavy atom. The Labute approximate surface area is 203 Å². The van der Waals surface area contributed by atoms with Crippen molar-refractivity contribution in [2.75, 3.05) is 13.1 Å². The molecule has 0 aliphatic heterocycles. The third-order valence-electron chi connectivity index (χ3n) is 5.25. The first-order valence-electron chi connectivity index (χ1n) is 10.9. The Morgan fingerprint density at radius 1 is 1.00 bits per heavy atom. The summed E-state index contributed by atoms with van der Waals surface area (Å²) in [5.41, 5.74) is 0.755. The molecule has 0 aliphatic carbocycles. The number of nitro benzene ring substituents is 1. The van der Waals surface area contributed by atoms with Crippen molar-refractivity contribution in [3.8, 4) is 0 Å². The third-order valence-corrected chi connectivity index (χ3v) is 7.97. The number of thiophene rings is 1. The van der Waals surface area contributed by atoms with Gasteiger partial charge in [-0.25, -0.2) is 8.42 Å². The van der Waals surface area contributed by atoms with Crippen LogP contribution in [0, 0.1) is 10.1 Å². The molecule has 10 heteroatoms. The van der Waals surface area contributed by atoms with Gasteiger partial charge in [-0.05, 0) is 35.6 Å². The second-order valence-corrected chi connectivity index (χ2v) is 10.7. The number of non-ortho nitro benzene ring substituents is 1. The van der Waals surface area contributed by atoms with Crippen LogP contribution in [0.15, 0.2) is 77.0 Å². The Balaban J connectivity index is 1.85. The molecule has 0 unspecified atom stereocenters. The van der Waals surface area contributed by atoms with Crippen LogP contribution in [0.2, 0.25) is 0 Å². The smallest absolute Gasteiger partial charge is 0.269 e. The van der Waals surface area contributed by atoms with Crippen LogP contribution in [0.25, 0.3) is 0 Å². The van der Waals surface area contributed by atoms with Gasteiger partial charge in [-0.2, -0.15) is 4.31 Å². The number of hydrogen-bond acceptors (Lipinski definition) is 6. The molecule has 0 fully saturated rings. The van der Waals surface area contributed by atoms with E-state index in [4.69, 9.17) is 0 Å². The predicted octanol–water partition coefficient (Wildman–Crippen LogP) is 4.68. The molecule has 0 saturated carbocycles. The van der Waals surface area contributed by atoms with Crippen LogP contribution in [0.4, 0.5) is 5.69 Å². The summed E-state index contributed by atoms with van der Waals surface area (Å²) < 4.78 is 27.9. The van der Waals surface area contributed by atoms with Crippen LogP contribution >= 0.6 is 11.3 Å². The molecule has 0 atom stereocenters. The minimum absolute atomic E-state index is 0.0742. The van der Waals surface area contributed by atoms with Crippen molar-refractivity contribution >= 4 is 33.0 Å². The second-order valence-electron chi connectivity index (χ2n) is 7.76. The van der Waals surface area contributed by atoms with Crippen molar-refractivity contribution in [2.24, 2.45) is 0 Å². The Kier molecular flexibility index (Phi) is 8.91. The van der Waals surface area contributed by atoms with Crippen molar-refractivity contribution in [1.29, 1.82) is 0 Å². The van der Waals surface area contributed by atoms with E-state index in [1.165, 1.54) is 27.8 Å². The number of carbonyl (C=O) groups is 1. The minimum atomic E-state index is -4.01. The van der Waals surface area contributed by atoms with Gasteiger partial charge in [0.2, 0.25) is 15.9 Å². The molecule has 0 bridgehead atoms. The van der Waals surface area contributed by atoms with Gasteiger partial charge in [-0.3, -0.25) is 14.9 Å². The van der Waals surface area contributed by atoms with E-state index in [0.717, 1.165) is 29.0 Å². The van der Waals surface area contributed by atoms with E-state index in [1.54, 1.807) is 4.90 Å². The van der Waals surface area contributed by atoms with Gasteiger partial charge < -0.3 is 4.90 Å². The number of unbranched alkanes of at least 4 members (excludes halogenated alkanes) is 1. The summed E-state index contributed by atoms with van der Waals surface area (Å²) in [7, 11) is -4.01. The Hall–Kier alpha value is -3.08. The van der Waals surface area contributed by atoms with E-state index in [9.17, 15) is 23.3 Å². The highest BCUT2D eigenvalue weighted by atomic mass is 32.2. The normalized spacial score (nSPS) is 11.5. The summed E-state index contributed by atoms with van der Waals surface area (Å²) >= 11 is 1.54. The lowest BCUT2D eigenvalue weighted by molar-refractivity contribution is -0.384. The van der Waals surface area contributed by atoms with Crippen LogP contribution in [0.5, 0.6) is 0 Å². The number of rotatable bonds is 12. The predicted molar refractivity (Wildman–Crippen MR) is 132 cm³/mol. The number of nitrogens with zero attached hydrogens (tertiary/aromatic N) is 3.